The van der Waals surface area contributed by atoms with E-state index in [-0.39, 0.29) is 17.9 Å². The van der Waals surface area contributed by atoms with Crippen LogP contribution < -0.4 is 0 Å². The van der Waals surface area contributed by atoms with Gasteiger partial charge in [-0.2, -0.15) is 5.10 Å². The van der Waals surface area contributed by atoms with Crippen molar-refractivity contribution in [2.75, 3.05) is 0 Å². The summed E-state index contributed by atoms with van der Waals surface area (Å²) in [7, 11) is 0. The van der Waals surface area contributed by atoms with E-state index in [1.165, 1.54) is 18.2 Å². The molecule has 0 fully saturated rings. The van der Waals surface area contributed by atoms with Gasteiger partial charge < -0.3 is 10.1 Å². The number of benzene rings is 2. The number of aromatic amines is 2. The molecule has 130 valence electrons. The summed E-state index contributed by atoms with van der Waals surface area (Å²) in [5, 5.41) is 24.1. The number of aromatic nitrogens is 5. The van der Waals surface area contributed by atoms with Crippen molar-refractivity contribution in [2.24, 2.45) is 0 Å². The molecule has 0 radical (unpaired) electrons. The molecule has 0 unspecified atom stereocenters. The highest BCUT2D eigenvalue weighted by Gasteiger charge is 2.13. The van der Waals surface area contributed by atoms with Gasteiger partial charge in [-0.1, -0.05) is 18.2 Å². The van der Waals surface area contributed by atoms with E-state index in [0.717, 1.165) is 0 Å². The van der Waals surface area contributed by atoms with Crippen molar-refractivity contribution >= 4 is 23.1 Å². The molecule has 0 atom stereocenters. The summed E-state index contributed by atoms with van der Waals surface area (Å²) in [5.41, 5.74) is 1.91. The minimum Gasteiger partial charge on any atom is -0.388 e. The Morgan fingerprint density at radius 3 is 2.73 bits per heavy atom. The van der Waals surface area contributed by atoms with Crippen molar-refractivity contribution in [3.63, 3.8) is 0 Å². The van der Waals surface area contributed by atoms with Gasteiger partial charge in [-0.25, -0.2) is 8.78 Å². The number of halogens is 2. The maximum atomic E-state index is 14.4. The fourth-order valence-electron chi connectivity index (χ4n) is 2.65. The molecule has 0 saturated heterocycles. The topological polar surface area (TPSA) is 90.5 Å². The summed E-state index contributed by atoms with van der Waals surface area (Å²) in [6.07, 6.45) is 3.37. The van der Waals surface area contributed by atoms with E-state index in [4.69, 9.17) is 5.11 Å². The molecule has 26 heavy (non-hydrogen) atoms. The van der Waals surface area contributed by atoms with Gasteiger partial charge in [0.25, 0.3) is 0 Å². The summed E-state index contributed by atoms with van der Waals surface area (Å²) in [5.74, 6) is -0.190. The maximum absolute atomic E-state index is 14.4. The number of H-pyrrole nitrogens is 2. The highest BCUT2D eigenvalue weighted by molar-refractivity contribution is 5.92. The van der Waals surface area contributed by atoms with E-state index < -0.39 is 5.82 Å². The lowest BCUT2D eigenvalue weighted by Crippen LogP contribution is -1.87. The Balaban J connectivity index is 1.76. The zero-order valence-electron chi connectivity index (χ0n) is 13.4. The Morgan fingerprint density at radius 1 is 1.08 bits per heavy atom. The van der Waals surface area contributed by atoms with Crippen molar-refractivity contribution in [1.29, 1.82) is 0 Å². The summed E-state index contributed by atoms with van der Waals surface area (Å²) in [4.78, 5) is 2.82. The molecule has 0 spiro atoms. The molecular formula is C18H13F2N5O. The highest BCUT2D eigenvalue weighted by Crippen LogP contribution is 2.27. The number of hydrogen-bond acceptors (Lipinski definition) is 4. The number of nitrogens with one attached hydrogen (secondary N) is 2. The lowest BCUT2D eigenvalue weighted by atomic mass is 10.1. The van der Waals surface area contributed by atoms with Gasteiger partial charge in [0.05, 0.1) is 5.69 Å². The first-order chi connectivity index (χ1) is 12.6. The number of fused-ring (bicyclic) bond motifs is 1. The van der Waals surface area contributed by atoms with Crippen molar-refractivity contribution in [3.05, 3.63) is 65.1 Å². The summed E-state index contributed by atoms with van der Waals surface area (Å²) >= 11 is 0. The number of hydrogen-bond donors (Lipinski definition) is 3. The molecule has 0 aliphatic rings. The fourth-order valence-corrected chi connectivity index (χ4v) is 2.65. The molecular weight excluding hydrogens is 340 g/mol. The molecule has 0 bridgehead atoms. The highest BCUT2D eigenvalue weighted by atomic mass is 19.1. The molecule has 0 saturated carbocycles. The molecule has 0 amide bonds. The van der Waals surface area contributed by atoms with Gasteiger partial charge >= 0.3 is 0 Å². The molecule has 0 aliphatic carbocycles. The van der Waals surface area contributed by atoms with Crippen LogP contribution in [-0.4, -0.2) is 30.5 Å². The van der Waals surface area contributed by atoms with Gasteiger partial charge in [-0.05, 0) is 35.9 Å². The Kier molecular flexibility index (Phi) is 4.02. The minimum absolute atomic E-state index is 0.259. The van der Waals surface area contributed by atoms with Crippen LogP contribution in [0.25, 0.3) is 34.4 Å². The standard InChI is InChI=1S/C18H13F2N5O/c19-12-3-1-2-10(6-12)4-5-15-13-7-11(8-14(20)17(13)24-22-15)18-21-16(9-26)23-25-18/h1-8,26H,9H2,(H,22,24)(H,21,23,25). The van der Waals surface area contributed by atoms with E-state index in [1.807, 2.05) is 0 Å². The zero-order chi connectivity index (χ0) is 18.1. The van der Waals surface area contributed by atoms with Crippen molar-refractivity contribution in [3.8, 4) is 11.4 Å². The van der Waals surface area contributed by atoms with Crippen molar-refractivity contribution in [2.45, 2.75) is 6.61 Å². The average Bonchev–Trinajstić information content (AvgIpc) is 3.27. The van der Waals surface area contributed by atoms with Gasteiger partial charge in [0.1, 0.15) is 23.8 Å². The quantitative estimate of drug-likeness (QED) is 0.525. The third-order valence-electron chi connectivity index (χ3n) is 3.89. The fraction of sp³-hybridized carbons (Fsp3) is 0.0556. The van der Waals surface area contributed by atoms with Gasteiger partial charge in [0, 0.05) is 10.9 Å². The van der Waals surface area contributed by atoms with Crippen LogP contribution in [0, 0.1) is 11.6 Å². The first kappa shape index (κ1) is 16.1. The van der Waals surface area contributed by atoms with Gasteiger partial charge in [-0.3, -0.25) is 5.10 Å². The molecule has 4 rings (SSSR count). The third-order valence-corrected chi connectivity index (χ3v) is 3.89. The lowest BCUT2D eigenvalue weighted by Gasteiger charge is -1.99. The van der Waals surface area contributed by atoms with Crippen LogP contribution in [0.1, 0.15) is 17.1 Å². The minimum atomic E-state index is -0.489. The normalized spacial score (nSPS) is 11.7. The van der Waals surface area contributed by atoms with Crippen LogP contribution in [0.2, 0.25) is 0 Å². The monoisotopic (exact) mass is 353 g/mol. The largest absolute Gasteiger partial charge is 0.388 e. The smallest absolute Gasteiger partial charge is 0.161 e. The molecule has 4 aromatic rings. The SMILES string of the molecule is OCc1nnc(-c2cc(F)c3[nH]nc(C=Cc4cccc(F)c4)c3c2)[nH]1. The van der Waals surface area contributed by atoms with Crippen LogP contribution >= 0.6 is 0 Å². The average molecular weight is 353 g/mol. The van der Waals surface area contributed by atoms with Crippen LogP contribution in [0.3, 0.4) is 0 Å². The zero-order valence-corrected chi connectivity index (χ0v) is 13.4. The van der Waals surface area contributed by atoms with E-state index in [9.17, 15) is 8.78 Å². The van der Waals surface area contributed by atoms with Crippen molar-refractivity contribution in [1.82, 2.24) is 25.4 Å². The van der Waals surface area contributed by atoms with Crippen molar-refractivity contribution < 1.29 is 13.9 Å². The van der Waals surface area contributed by atoms with E-state index in [0.29, 0.717) is 33.9 Å². The first-order valence-corrected chi connectivity index (χ1v) is 7.78. The van der Waals surface area contributed by atoms with Gasteiger partial charge in [-0.15, -0.1) is 10.2 Å². The van der Waals surface area contributed by atoms with Crippen LogP contribution in [0.5, 0.6) is 0 Å². The molecule has 2 heterocycles. The molecule has 8 heteroatoms. The Hall–Kier alpha value is -3.39. The molecule has 2 aromatic heterocycles. The summed E-state index contributed by atoms with van der Waals surface area (Å²) < 4.78 is 27.7. The number of aliphatic hydroxyl groups is 1. The second-order valence-electron chi connectivity index (χ2n) is 5.66. The molecule has 0 aliphatic heterocycles. The Bertz CT molecular complexity index is 1120. The maximum Gasteiger partial charge on any atom is 0.161 e. The summed E-state index contributed by atoms with van der Waals surface area (Å²) in [6, 6.07) is 9.14. The first-order valence-electron chi connectivity index (χ1n) is 7.78. The predicted molar refractivity (Wildman–Crippen MR) is 92.7 cm³/mol. The van der Waals surface area contributed by atoms with Crippen LogP contribution in [0.4, 0.5) is 8.78 Å². The Labute approximate surface area is 146 Å². The summed E-state index contributed by atoms with van der Waals surface area (Å²) in [6.45, 7) is -0.287. The van der Waals surface area contributed by atoms with E-state index in [1.54, 1.807) is 30.4 Å². The Morgan fingerprint density at radius 2 is 1.96 bits per heavy atom. The number of nitrogens with zero attached hydrogens (tertiary/aromatic N) is 3. The third kappa shape index (κ3) is 2.98. The molecule has 3 N–H and O–H groups in total. The number of rotatable bonds is 4. The lowest BCUT2D eigenvalue weighted by molar-refractivity contribution is 0.272. The second-order valence-corrected chi connectivity index (χ2v) is 5.66. The number of aliphatic hydroxyl groups excluding tert-OH is 1. The van der Waals surface area contributed by atoms with E-state index in [2.05, 4.69) is 25.4 Å². The molecule has 6 nitrogen and oxygen atoms in total. The van der Waals surface area contributed by atoms with E-state index >= 15 is 0 Å². The second kappa shape index (κ2) is 6.49. The van der Waals surface area contributed by atoms with Gasteiger partial charge in [0.2, 0.25) is 0 Å². The van der Waals surface area contributed by atoms with Crippen LogP contribution in [0.15, 0.2) is 36.4 Å². The predicted octanol–water partition coefficient (Wildman–Crippen LogP) is 3.29. The van der Waals surface area contributed by atoms with Gasteiger partial charge in [0.15, 0.2) is 11.6 Å². The molecule has 2 aromatic carbocycles. The van der Waals surface area contributed by atoms with Crippen LogP contribution in [-0.2, 0) is 6.61 Å².